The Hall–Kier alpha value is -1.82. The third-order valence-electron chi connectivity index (χ3n) is 3.16. The van der Waals surface area contributed by atoms with Gasteiger partial charge in [-0.25, -0.2) is 0 Å². The zero-order valence-corrected chi connectivity index (χ0v) is 14.4. The van der Waals surface area contributed by atoms with Crippen molar-refractivity contribution in [2.24, 2.45) is 0 Å². The van der Waals surface area contributed by atoms with Crippen molar-refractivity contribution in [2.45, 2.75) is 5.75 Å². The van der Waals surface area contributed by atoms with Crippen molar-refractivity contribution in [2.75, 3.05) is 14.2 Å². The number of methoxy groups -OCH3 is 2. The van der Waals surface area contributed by atoms with E-state index < -0.39 is 11.2 Å². The molecular formula is C17H17ClO4S. The number of phenols is 1. The summed E-state index contributed by atoms with van der Waals surface area (Å²) >= 11 is 4.60. The maximum atomic E-state index is 12.1. The van der Waals surface area contributed by atoms with Gasteiger partial charge in [0.2, 0.25) is 0 Å². The molecule has 0 saturated carbocycles. The van der Waals surface area contributed by atoms with E-state index in [4.69, 9.17) is 21.1 Å². The highest BCUT2D eigenvalue weighted by Gasteiger charge is 2.11. The Kier molecular flexibility index (Phi) is 6.21. The lowest BCUT2D eigenvalue weighted by Gasteiger charge is -2.10. The van der Waals surface area contributed by atoms with Crippen LogP contribution in [0.25, 0.3) is 6.08 Å². The maximum Gasteiger partial charge on any atom is 0.135 e. The monoisotopic (exact) mass is 352 g/mol. The lowest BCUT2D eigenvalue weighted by molar-refractivity contribution is 0.384. The molecule has 0 fully saturated rings. The molecule has 0 aliphatic rings. The molecule has 0 amide bonds. The SMILES string of the molecule is COc1cc(O)c(C=C[S+]([O-])Cc2ccc(Cl)cc2)c(OC)c1. The van der Waals surface area contributed by atoms with Crippen molar-refractivity contribution in [3.63, 3.8) is 0 Å². The van der Waals surface area contributed by atoms with Crippen molar-refractivity contribution in [1.82, 2.24) is 0 Å². The van der Waals surface area contributed by atoms with Gasteiger partial charge in [0.1, 0.15) is 28.4 Å². The number of phenolic OH excluding ortho intramolecular Hbond substituents is 1. The van der Waals surface area contributed by atoms with Crippen LogP contribution >= 0.6 is 11.6 Å². The topological polar surface area (TPSA) is 61.8 Å². The molecule has 4 nitrogen and oxygen atoms in total. The van der Waals surface area contributed by atoms with Crippen molar-refractivity contribution in [1.29, 1.82) is 0 Å². The first-order valence-corrected chi connectivity index (χ1v) is 8.54. The lowest BCUT2D eigenvalue weighted by atomic mass is 10.1. The third-order valence-corrected chi connectivity index (χ3v) is 4.47. The van der Waals surface area contributed by atoms with Gasteiger partial charge >= 0.3 is 0 Å². The molecule has 0 aromatic heterocycles. The fraction of sp³-hybridized carbons (Fsp3) is 0.176. The minimum absolute atomic E-state index is 0.000873. The number of ether oxygens (including phenoxy) is 2. The van der Waals surface area contributed by atoms with Gasteiger partial charge in [0.15, 0.2) is 0 Å². The average Bonchev–Trinajstić information content (AvgIpc) is 2.55. The largest absolute Gasteiger partial charge is 0.612 e. The quantitative estimate of drug-likeness (QED) is 0.799. The molecule has 0 aliphatic heterocycles. The van der Waals surface area contributed by atoms with Gasteiger partial charge in [-0.3, -0.25) is 0 Å². The summed E-state index contributed by atoms with van der Waals surface area (Å²) < 4.78 is 22.4. The fourth-order valence-corrected chi connectivity index (χ4v) is 3.01. The zero-order valence-electron chi connectivity index (χ0n) is 12.8. The number of hydrogen-bond acceptors (Lipinski definition) is 4. The van der Waals surface area contributed by atoms with Crippen LogP contribution in [-0.2, 0) is 16.9 Å². The molecule has 1 unspecified atom stereocenters. The van der Waals surface area contributed by atoms with Gasteiger partial charge in [0.05, 0.1) is 19.8 Å². The second-order valence-corrected chi connectivity index (χ2v) is 6.48. The van der Waals surface area contributed by atoms with Crippen LogP contribution in [0.1, 0.15) is 11.1 Å². The van der Waals surface area contributed by atoms with E-state index in [0.29, 0.717) is 27.8 Å². The maximum absolute atomic E-state index is 12.1. The summed E-state index contributed by atoms with van der Waals surface area (Å²) in [4.78, 5) is 0. The summed E-state index contributed by atoms with van der Waals surface area (Å²) in [5, 5.41) is 12.2. The van der Waals surface area contributed by atoms with Crippen LogP contribution < -0.4 is 9.47 Å². The number of benzene rings is 2. The number of aromatic hydroxyl groups is 1. The molecular weight excluding hydrogens is 336 g/mol. The van der Waals surface area contributed by atoms with Crippen LogP contribution in [0.3, 0.4) is 0 Å². The Morgan fingerprint density at radius 2 is 1.87 bits per heavy atom. The van der Waals surface area contributed by atoms with Crippen LogP contribution in [0.15, 0.2) is 41.8 Å². The van der Waals surface area contributed by atoms with Gasteiger partial charge in [-0.05, 0) is 23.3 Å². The van der Waals surface area contributed by atoms with E-state index >= 15 is 0 Å². The van der Waals surface area contributed by atoms with Crippen molar-refractivity contribution in [3.8, 4) is 17.2 Å². The first kappa shape index (κ1) is 17.5. The fourth-order valence-electron chi connectivity index (χ4n) is 1.98. The van der Waals surface area contributed by atoms with Gasteiger partial charge in [-0.2, -0.15) is 0 Å². The van der Waals surface area contributed by atoms with E-state index in [0.717, 1.165) is 5.56 Å². The second kappa shape index (κ2) is 8.15. The Morgan fingerprint density at radius 1 is 1.17 bits per heavy atom. The number of halogens is 1. The molecule has 0 spiro atoms. The highest BCUT2D eigenvalue weighted by molar-refractivity contribution is 7.93. The van der Waals surface area contributed by atoms with E-state index in [1.54, 1.807) is 24.3 Å². The van der Waals surface area contributed by atoms with Crippen molar-refractivity contribution < 1.29 is 19.1 Å². The highest BCUT2D eigenvalue weighted by Crippen LogP contribution is 2.34. The van der Waals surface area contributed by atoms with Gasteiger partial charge < -0.3 is 19.1 Å². The molecule has 122 valence electrons. The summed E-state index contributed by atoms with van der Waals surface area (Å²) in [5.74, 6) is 1.30. The molecule has 0 bridgehead atoms. The minimum atomic E-state index is -1.23. The lowest BCUT2D eigenvalue weighted by Crippen LogP contribution is -2.00. The Bertz CT molecular complexity index is 686. The van der Waals surface area contributed by atoms with Gasteiger partial charge in [0, 0.05) is 28.8 Å². The van der Waals surface area contributed by atoms with E-state index in [-0.39, 0.29) is 5.75 Å². The van der Waals surface area contributed by atoms with E-state index in [9.17, 15) is 9.66 Å². The Morgan fingerprint density at radius 3 is 2.48 bits per heavy atom. The Balaban J connectivity index is 2.14. The summed E-state index contributed by atoms with van der Waals surface area (Å²) in [7, 11) is 3.00. The average molecular weight is 353 g/mol. The predicted octanol–water partition coefficient (Wildman–Crippen LogP) is 3.98. The summed E-state index contributed by atoms with van der Waals surface area (Å²) in [6.07, 6.45) is 1.58. The molecule has 1 N–H and O–H groups in total. The predicted molar refractivity (Wildman–Crippen MR) is 93.5 cm³/mol. The van der Waals surface area contributed by atoms with Crippen LogP contribution in [-0.4, -0.2) is 23.9 Å². The molecule has 23 heavy (non-hydrogen) atoms. The van der Waals surface area contributed by atoms with Gasteiger partial charge in [-0.15, -0.1) is 0 Å². The van der Waals surface area contributed by atoms with Crippen LogP contribution in [0.5, 0.6) is 17.2 Å². The first-order valence-electron chi connectivity index (χ1n) is 6.78. The molecule has 0 heterocycles. The molecule has 0 radical (unpaired) electrons. The summed E-state index contributed by atoms with van der Waals surface area (Å²) in [6.45, 7) is 0. The first-order chi connectivity index (χ1) is 11.0. The normalized spacial score (nSPS) is 12.3. The summed E-state index contributed by atoms with van der Waals surface area (Å²) in [6, 6.07) is 10.3. The Labute approximate surface area is 143 Å². The van der Waals surface area contributed by atoms with Crippen molar-refractivity contribution in [3.05, 3.63) is 58.0 Å². The minimum Gasteiger partial charge on any atom is -0.612 e. The zero-order chi connectivity index (χ0) is 16.8. The smallest absolute Gasteiger partial charge is 0.135 e. The molecule has 1 atom stereocenters. The van der Waals surface area contributed by atoms with Crippen LogP contribution in [0.2, 0.25) is 5.02 Å². The molecule has 2 rings (SSSR count). The van der Waals surface area contributed by atoms with Crippen LogP contribution in [0, 0.1) is 0 Å². The number of hydrogen-bond donors (Lipinski definition) is 1. The van der Waals surface area contributed by atoms with E-state index in [1.807, 2.05) is 12.1 Å². The van der Waals surface area contributed by atoms with E-state index in [1.165, 1.54) is 25.7 Å². The molecule has 6 heteroatoms. The standard InChI is InChI=1S/C17H17ClO4S/c1-21-14-9-16(19)15(17(10-14)22-2)7-8-23(20)11-12-3-5-13(18)6-4-12/h3-10,19H,11H2,1-2H3. The summed E-state index contributed by atoms with van der Waals surface area (Å²) in [5.41, 5.74) is 1.38. The second-order valence-electron chi connectivity index (χ2n) is 4.72. The van der Waals surface area contributed by atoms with E-state index in [2.05, 4.69) is 0 Å². The molecule has 0 aliphatic carbocycles. The molecule has 0 saturated heterocycles. The van der Waals surface area contributed by atoms with Gasteiger partial charge in [-0.1, -0.05) is 23.7 Å². The van der Waals surface area contributed by atoms with Gasteiger partial charge in [0.25, 0.3) is 0 Å². The van der Waals surface area contributed by atoms with Crippen LogP contribution in [0.4, 0.5) is 0 Å². The van der Waals surface area contributed by atoms with Crippen molar-refractivity contribution >= 4 is 28.9 Å². The third kappa shape index (κ3) is 4.82. The molecule has 2 aromatic rings. The number of rotatable bonds is 6. The highest BCUT2D eigenvalue weighted by atomic mass is 35.5. The molecule has 2 aromatic carbocycles.